The number of phosphoric acid groups is 2. The summed E-state index contributed by atoms with van der Waals surface area (Å²) in [6.07, 6.45) is -1.54. The van der Waals surface area contributed by atoms with Gasteiger partial charge in [0.15, 0.2) is 5.82 Å². The zero-order valence-electron chi connectivity index (χ0n) is 18.2. The number of aromatic nitrogens is 3. The minimum atomic E-state index is -5.28. The SMILES string of the molecule is N#Cc1ccc2cc3nc(N)c4ncn([C@H]5CC(O)[C@@H](COP(=O)(O)OP(=O)(O)O)O5)c4c3cc2c1. The first-order chi connectivity index (χ1) is 16.9. The number of nitrogens with two attached hydrogens (primary N) is 1. The molecule has 0 aliphatic carbocycles. The number of rotatable bonds is 6. The van der Waals surface area contributed by atoms with Crippen LogP contribution in [0.25, 0.3) is 32.7 Å². The first-order valence-electron chi connectivity index (χ1n) is 10.4. The van der Waals surface area contributed by atoms with Gasteiger partial charge >= 0.3 is 15.6 Å². The Hall–Kier alpha value is -2.95. The molecule has 0 radical (unpaired) electrons. The van der Waals surface area contributed by atoms with Crippen molar-refractivity contribution in [3.05, 3.63) is 42.2 Å². The third-order valence-corrected chi connectivity index (χ3v) is 7.89. The van der Waals surface area contributed by atoms with E-state index in [2.05, 4.69) is 24.9 Å². The molecule has 1 saturated heterocycles. The van der Waals surface area contributed by atoms with Crippen molar-refractivity contribution in [2.45, 2.75) is 24.9 Å². The monoisotopic (exact) mass is 535 g/mol. The average Bonchev–Trinajstić information content (AvgIpc) is 3.39. The van der Waals surface area contributed by atoms with Crippen LogP contribution in [0.4, 0.5) is 5.82 Å². The van der Waals surface area contributed by atoms with Gasteiger partial charge in [0.25, 0.3) is 0 Å². The number of aliphatic hydroxyl groups is 1. The van der Waals surface area contributed by atoms with Crippen molar-refractivity contribution >= 4 is 54.2 Å². The van der Waals surface area contributed by atoms with Gasteiger partial charge in [0.1, 0.15) is 17.8 Å². The molecule has 36 heavy (non-hydrogen) atoms. The van der Waals surface area contributed by atoms with Gasteiger partial charge in [-0.2, -0.15) is 9.57 Å². The third kappa shape index (κ3) is 4.72. The molecular formula is C20H19N5O9P2. The van der Waals surface area contributed by atoms with Crippen molar-refractivity contribution < 1.29 is 42.5 Å². The zero-order valence-corrected chi connectivity index (χ0v) is 20.0. The molecule has 1 fully saturated rings. The van der Waals surface area contributed by atoms with Crippen LogP contribution in [-0.4, -0.2) is 53.1 Å². The number of hydrogen-bond donors (Lipinski definition) is 5. The number of nitriles is 1. The number of phosphoric ester groups is 1. The fourth-order valence-corrected chi connectivity index (χ4v) is 5.81. The molecule has 2 aromatic heterocycles. The summed E-state index contributed by atoms with van der Waals surface area (Å²) in [5.74, 6) is 0.179. The first kappa shape index (κ1) is 24.7. The Kier molecular flexibility index (Phi) is 6.09. The van der Waals surface area contributed by atoms with Crippen LogP contribution >= 0.6 is 15.6 Å². The topological polar surface area (TPSA) is 223 Å². The van der Waals surface area contributed by atoms with Crippen LogP contribution in [0.3, 0.4) is 0 Å². The van der Waals surface area contributed by atoms with Gasteiger partial charge in [0, 0.05) is 11.8 Å². The Morgan fingerprint density at radius 3 is 2.72 bits per heavy atom. The van der Waals surface area contributed by atoms with E-state index < -0.39 is 40.7 Å². The molecule has 1 aliphatic rings. The van der Waals surface area contributed by atoms with Gasteiger partial charge in [-0.15, -0.1) is 0 Å². The summed E-state index contributed by atoms with van der Waals surface area (Å²) < 4.78 is 38.4. The minimum Gasteiger partial charge on any atom is -0.390 e. The Bertz CT molecular complexity index is 1650. The number of benzene rings is 2. The Morgan fingerprint density at radius 1 is 1.22 bits per heavy atom. The van der Waals surface area contributed by atoms with E-state index in [0.717, 1.165) is 10.8 Å². The van der Waals surface area contributed by atoms with Gasteiger partial charge in [0.05, 0.1) is 41.7 Å². The number of nitrogens with zero attached hydrogens (tertiary/aromatic N) is 4. The van der Waals surface area contributed by atoms with Crippen LogP contribution in [0.5, 0.6) is 0 Å². The highest BCUT2D eigenvalue weighted by molar-refractivity contribution is 7.60. The van der Waals surface area contributed by atoms with Crippen LogP contribution in [0.15, 0.2) is 36.7 Å². The van der Waals surface area contributed by atoms with Crippen LogP contribution < -0.4 is 5.73 Å². The highest BCUT2D eigenvalue weighted by Crippen LogP contribution is 2.57. The second-order valence-corrected chi connectivity index (χ2v) is 11.0. The number of hydrogen-bond acceptors (Lipinski definition) is 10. The van der Waals surface area contributed by atoms with E-state index >= 15 is 0 Å². The second kappa shape index (κ2) is 8.86. The van der Waals surface area contributed by atoms with E-state index in [4.69, 9.17) is 20.3 Å². The lowest BCUT2D eigenvalue weighted by molar-refractivity contribution is -0.0421. The Labute approximate surface area is 202 Å². The highest BCUT2D eigenvalue weighted by atomic mass is 31.3. The molecule has 0 spiro atoms. The van der Waals surface area contributed by atoms with Gasteiger partial charge < -0.3 is 34.8 Å². The summed E-state index contributed by atoms with van der Waals surface area (Å²) in [5, 5.41) is 22.0. The molecule has 4 aromatic rings. The Morgan fingerprint density at radius 2 is 2.00 bits per heavy atom. The van der Waals surface area contributed by atoms with Crippen molar-refractivity contribution in [3.8, 4) is 6.07 Å². The number of fused-ring (bicyclic) bond motifs is 4. The van der Waals surface area contributed by atoms with Crippen molar-refractivity contribution in [2.75, 3.05) is 12.3 Å². The molecule has 1 aliphatic heterocycles. The number of imidazole rings is 1. The molecule has 5 rings (SSSR count). The number of pyridine rings is 1. The predicted molar refractivity (Wildman–Crippen MR) is 125 cm³/mol. The summed E-state index contributed by atoms with van der Waals surface area (Å²) in [6, 6.07) is 11.0. The van der Waals surface area contributed by atoms with Gasteiger partial charge in [-0.05, 0) is 35.0 Å². The molecule has 2 aromatic carbocycles. The second-order valence-electron chi connectivity index (χ2n) is 8.16. The summed E-state index contributed by atoms with van der Waals surface area (Å²) in [4.78, 5) is 35.7. The van der Waals surface area contributed by atoms with E-state index in [-0.39, 0.29) is 12.2 Å². The fourth-order valence-electron chi connectivity index (χ4n) is 4.22. The molecule has 188 valence electrons. The maximum Gasteiger partial charge on any atom is 0.481 e. The van der Waals surface area contributed by atoms with Crippen molar-refractivity contribution in [1.29, 1.82) is 5.26 Å². The molecule has 0 amide bonds. The molecule has 2 unspecified atom stereocenters. The van der Waals surface area contributed by atoms with E-state index in [1.807, 2.05) is 18.2 Å². The highest BCUT2D eigenvalue weighted by Gasteiger charge is 2.39. The largest absolute Gasteiger partial charge is 0.481 e. The van der Waals surface area contributed by atoms with Crippen LogP contribution in [0.2, 0.25) is 0 Å². The van der Waals surface area contributed by atoms with Crippen LogP contribution in [0, 0.1) is 11.3 Å². The summed E-state index contributed by atoms with van der Waals surface area (Å²) in [6.45, 7) is -0.676. The molecule has 6 N–H and O–H groups in total. The van der Waals surface area contributed by atoms with Gasteiger partial charge in [0.2, 0.25) is 0 Å². The fraction of sp³-hybridized carbons (Fsp3) is 0.250. The van der Waals surface area contributed by atoms with Gasteiger partial charge in [-0.3, -0.25) is 4.52 Å². The van der Waals surface area contributed by atoms with E-state index in [0.29, 0.717) is 27.5 Å². The zero-order chi connectivity index (χ0) is 25.8. The first-order valence-corrected chi connectivity index (χ1v) is 13.4. The molecule has 3 heterocycles. The normalized spacial score (nSPS) is 22.2. The summed E-state index contributed by atoms with van der Waals surface area (Å²) in [7, 11) is -10.4. The summed E-state index contributed by atoms with van der Waals surface area (Å²) in [5.41, 5.74) is 8.18. The number of anilines is 1. The minimum absolute atomic E-state index is 0.0461. The molecule has 16 heteroatoms. The van der Waals surface area contributed by atoms with E-state index in [1.54, 1.807) is 16.7 Å². The molecule has 0 saturated carbocycles. The van der Waals surface area contributed by atoms with Gasteiger partial charge in [-0.1, -0.05) is 6.07 Å². The number of nitrogen functional groups attached to an aromatic ring is 1. The maximum atomic E-state index is 11.7. The third-order valence-electron chi connectivity index (χ3n) is 5.74. The van der Waals surface area contributed by atoms with Crippen molar-refractivity contribution in [1.82, 2.24) is 14.5 Å². The lowest BCUT2D eigenvalue weighted by Gasteiger charge is -2.18. The standard InChI is InChI=1S/C20H19N5O9P2/c21-7-10-1-2-11-5-14-13(4-12(11)3-10)19-18(20(22)24-14)23-9-25(19)17-6-15(26)16(33-17)8-32-36(30,31)34-35(27,28)29/h1-5,9,15-17,26H,6,8H2,(H2,22,24)(H,30,31)(H2,27,28,29)/t15?,16-,17-/m1/s1. The lowest BCUT2D eigenvalue weighted by atomic mass is 10.0. The molecule has 14 nitrogen and oxygen atoms in total. The van der Waals surface area contributed by atoms with E-state index in [1.165, 1.54) is 6.33 Å². The molecule has 0 bridgehead atoms. The Balaban J connectivity index is 1.50. The van der Waals surface area contributed by atoms with Crippen molar-refractivity contribution in [3.63, 3.8) is 0 Å². The number of aliphatic hydroxyl groups excluding tert-OH is 1. The molecule has 4 atom stereocenters. The number of ether oxygens (including phenoxy) is 1. The van der Waals surface area contributed by atoms with Crippen LogP contribution in [-0.2, 0) is 22.7 Å². The molecular weight excluding hydrogens is 516 g/mol. The quantitative estimate of drug-likeness (QED) is 0.176. The lowest BCUT2D eigenvalue weighted by Crippen LogP contribution is -2.26. The summed E-state index contributed by atoms with van der Waals surface area (Å²) >= 11 is 0. The maximum absolute atomic E-state index is 11.7. The predicted octanol–water partition coefficient (Wildman–Crippen LogP) is 2.07. The van der Waals surface area contributed by atoms with Crippen molar-refractivity contribution in [2.24, 2.45) is 0 Å². The van der Waals surface area contributed by atoms with Gasteiger partial charge in [-0.25, -0.2) is 19.1 Å². The smallest absolute Gasteiger partial charge is 0.390 e. The van der Waals surface area contributed by atoms with E-state index in [9.17, 15) is 24.4 Å². The average molecular weight is 535 g/mol. The van der Waals surface area contributed by atoms with Crippen LogP contribution in [0.1, 0.15) is 18.2 Å².